The Morgan fingerprint density at radius 1 is 1.21 bits per heavy atom. The third-order valence-electron chi connectivity index (χ3n) is 5.28. The summed E-state index contributed by atoms with van der Waals surface area (Å²) >= 11 is 0. The van der Waals surface area contributed by atoms with Crippen molar-refractivity contribution in [3.05, 3.63) is 53.5 Å². The summed E-state index contributed by atoms with van der Waals surface area (Å²) in [5, 5.41) is 12.2. The summed E-state index contributed by atoms with van der Waals surface area (Å²) in [6.45, 7) is 5.35. The predicted molar refractivity (Wildman–Crippen MR) is 107 cm³/mol. The zero-order valence-corrected chi connectivity index (χ0v) is 15.9. The SMILES string of the molecule is C[C@H]1C[C@H]1c1ccc(/C=C(\C#N)C(=O)Nc2ccc(N3CCOCC3)cc2)o1. The van der Waals surface area contributed by atoms with E-state index in [4.69, 9.17) is 9.15 Å². The summed E-state index contributed by atoms with van der Waals surface area (Å²) in [6, 6.07) is 13.3. The van der Waals surface area contributed by atoms with Crippen LogP contribution in [0.4, 0.5) is 11.4 Å². The average Bonchev–Trinajstić information content (AvgIpc) is 3.27. The van der Waals surface area contributed by atoms with Crippen molar-refractivity contribution in [1.82, 2.24) is 0 Å². The standard InChI is InChI=1S/C22H23N3O3/c1-15-12-20(15)21-7-6-19(28-21)13-16(14-23)22(26)24-17-2-4-18(5-3-17)25-8-10-27-11-9-25/h2-7,13,15,20H,8-12H2,1H3,(H,24,26)/b16-13+/t15-,20+/m0/s1. The molecule has 0 bridgehead atoms. The van der Waals surface area contributed by atoms with Gasteiger partial charge in [-0.2, -0.15) is 5.26 Å². The molecule has 2 atom stereocenters. The number of carbonyl (C=O) groups is 1. The predicted octanol–water partition coefficient (Wildman–Crippen LogP) is 3.79. The van der Waals surface area contributed by atoms with Gasteiger partial charge in [0.05, 0.1) is 13.2 Å². The van der Waals surface area contributed by atoms with Crippen molar-refractivity contribution in [2.45, 2.75) is 19.3 Å². The van der Waals surface area contributed by atoms with Crippen LogP contribution in [0.5, 0.6) is 0 Å². The second-order valence-electron chi connectivity index (χ2n) is 7.33. The minimum absolute atomic E-state index is 0.0157. The number of benzene rings is 1. The van der Waals surface area contributed by atoms with E-state index >= 15 is 0 Å². The highest BCUT2D eigenvalue weighted by atomic mass is 16.5. The van der Waals surface area contributed by atoms with Crippen molar-refractivity contribution >= 4 is 23.4 Å². The first-order valence-corrected chi connectivity index (χ1v) is 9.59. The van der Waals surface area contributed by atoms with E-state index < -0.39 is 5.91 Å². The van der Waals surface area contributed by atoms with E-state index in [1.54, 1.807) is 0 Å². The van der Waals surface area contributed by atoms with Crippen molar-refractivity contribution in [2.24, 2.45) is 5.92 Å². The molecule has 144 valence electrons. The molecule has 1 saturated heterocycles. The number of nitrogens with zero attached hydrogens (tertiary/aromatic N) is 2. The second-order valence-corrected chi connectivity index (χ2v) is 7.33. The molecule has 2 aromatic rings. The quantitative estimate of drug-likeness (QED) is 0.634. The van der Waals surface area contributed by atoms with Gasteiger partial charge < -0.3 is 19.4 Å². The van der Waals surface area contributed by atoms with Crippen LogP contribution in [0, 0.1) is 17.2 Å². The van der Waals surface area contributed by atoms with E-state index in [-0.39, 0.29) is 5.57 Å². The molecule has 6 nitrogen and oxygen atoms in total. The Hall–Kier alpha value is -3.04. The van der Waals surface area contributed by atoms with Crippen LogP contribution in [0.25, 0.3) is 6.08 Å². The maximum Gasteiger partial charge on any atom is 0.266 e. The Morgan fingerprint density at radius 3 is 2.57 bits per heavy atom. The van der Waals surface area contributed by atoms with Crippen molar-refractivity contribution in [3.8, 4) is 6.07 Å². The maximum absolute atomic E-state index is 12.5. The first-order valence-electron chi connectivity index (χ1n) is 9.59. The number of nitrogens with one attached hydrogen (secondary N) is 1. The van der Waals surface area contributed by atoms with Gasteiger partial charge in [-0.3, -0.25) is 4.79 Å². The van der Waals surface area contributed by atoms with Gasteiger partial charge in [-0.1, -0.05) is 6.92 Å². The smallest absolute Gasteiger partial charge is 0.266 e. The largest absolute Gasteiger partial charge is 0.461 e. The monoisotopic (exact) mass is 377 g/mol. The van der Waals surface area contributed by atoms with Gasteiger partial charge in [0.15, 0.2) is 0 Å². The van der Waals surface area contributed by atoms with Gasteiger partial charge in [0.1, 0.15) is 23.2 Å². The highest BCUT2D eigenvalue weighted by Crippen LogP contribution is 2.47. The molecule has 1 N–H and O–H groups in total. The summed E-state index contributed by atoms with van der Waals surface area (Å²) in [5.74, 6) is 2.12. The van der Waals surface area contributed by atoms with Gasteiger partial charge in [-0.15, -0.1) is 0 Å². The lowest BCUT2D eigenvalue weighted by Crippen LogP contribution is -2.36. The number of rotatable bonds is 5. The molecule has 2 aliphatic rings. The molecule has 1 aliphatic carbocycles. The molecule has 1 amide bonds. The van der Waals surface area contributed by atoms with Crippen LogP contribution in [0.15, 0.2) is 46.4 Å². The molecular weight excluding hydrogens is 354 g/mol. The molecule has 4 rings (SSSR count). The van der Waals surface area contributed by atoms with E-state index in [1.165, 1.54) is 6.08 Å². The zero-order valence-electron chi connectivity index (χ0n) is 15.9. The zero-order chi connectivity index (χ0) is 19.5. The van der Waals surface area contributed by atoms with Crippen LogP contribution >= 0.6 is 0 Å². The molecule has 2 heterocycles. The third-order valence-corrected chi connectivity index (χ3v) is 5.28. The lowest BCUT2D eigenvalue weighted by molar-refractivity contribution is -0.112. The van der Waals surface area contributed by atoms with E-state index in [0.717, 1.165) is 44.2 Å². The normalized spacial score (nSPS) is 21.9. The molecular formula is C22H23N3O3. The molecule has 28 heavy (non-hydrogen) atoms. The minimum atomic E-state index is -0.445. The second kappa shape index (κ2) is 7.91. The molecule has 1 saturated carbocycles. The number of hydrogen-bond acceptors (Lipinski definition) is 5. The Morgan fingerprint density at radius 2 is 1.93 bits per heavy atom. The minimum Gasteiger partial charge on any atom is -0.461 e. The van der Waals surface area contributed by atoms with E-state index in [2.05, 4.69) is 17.1 Å². The van der Waals surface area contributed by atoms with Crippen molar-refractivity contribution in [3.63, 3.8) is 0 Å². The number of anilines is 2. The fraction of sp³-hybridized carbons (Fsp3) is 0.364. The summed E-state index contributed by atoms with van der Waals surface area (Å²) in [7, 11) is 0. The molecule has 0 radical (unpaired) electrons. The number of nitriles is 1. The summed E-state index contributed by atoms with van der Waals surface area (Å²) in [6.07, 6.45) is 2.62. The van der Waals surface area contributed by atoms with Gasteiger partial charge in [-0.05, 0) is 48.7 Å². The average molecular weight is 377 g/mol. The number of morpholine rings is 1. The fourth-order valence-electron chi connectivity index (χ4n) is 3.43. The maximum atomic E-state index is 12.5. The van der Waals surface area contributed by atoms with Crippen molar-refractivity contribution in [1.29, 1.82) is 5.26 Å². The summed E-state index contributed by atoms with van der Waals surface area (Å²) in [5.41, 5.74) is 1.76. The lowest BCUT2D eigenvalue weighted by atomic mass is 10.2. The van der Waals surface area contributed by atoms with E-state index in [9.17, 15) is 10.1 Å². The van der Waals surface area contributed by atoms with Crippen LogP contribution in [0.2, 0.25) is 0 Å². The number of amides is 1. The third kappa shape index (κ3) is 4.10. The van der Waals surface area contributed by atoms with Crippen molar-refractivity contribution < 1.29 is 13.9 Å². The van der Waals surface area contributed by atoms with Gasteiger partial charge in [0, 0.05) is 36.5 Å². The molecule has 0 unspecified atom stereocenters. The molecule has 1 aromatic heterocycles. The van der Waals surface area contributed by atoms with Gasteiger partial charge in [-0.25, -0.2) is 0 Å². The number of hydrogen-bond donors (Lipinski definition) is 1. The van der Waals surface area contributed by atoms with Crippen LogP contribution in [-0.2, 0) is 9.53 Å². The molecule has 0 spiro atoms. The highest BCUT2D eigenvalue weighted by Gasteiger charge is 2.36. The van der Waals surface area contributed by atoms with Gasteiger partial charge >= 0.3 is 0 Å². The van der Waals surface area contributed by atoms with Gasteiger partial charge in [0.25, 0.3) is 5.91 Å². The summed E-state index contributed by atoms with van der Waals surface area (Å²) in [4.78, 5) is 14.7. The Labute approximate surface area is 164 Å². The molecule has 2 fully saturated rings. The highest BCUT2D eigenvalue weighted by molar-refractivity contribution is 6.09. The lowest BCUT2D eigenvalue weighted by Gasteiger charge is -2.28. The van der Waals surface area contributed by atoms with Gasteiger partial charge in [0.2, 0.25) is 0 Å². The first kappa shape index (κ1) is 18.3. The van der Waals surface area contributed by atoms with Crippen LogP contribution in [0.1, 0.15) is 30.8 Å². The van der Waals surface area contributed by atoms with E-state index in [0.29, 0.717) is 23.3 Å². The number of furan rings is 1. The number of ether oxygens (including phenoxy) is 1. The van der Waals surface area contributed by atoms with E-state index in [1.807, 2.05) is 42.5 Å². The summed E-state index contributed by atoms with van der Waals surface area (Å²) < 4.78 is 11.1. The molecule has 1 aromatic carbocycles. The topological polar surface area (TPSA) is 78.5 Å². The van der Waals surface area contributed by atoms with Crippen molar-refractivity contribution in [2.75, 3.05) is 36.5 Å². The molecule has 1 aliphatic heterocycles. The van der Waals surface area contributed by atoms with Crippen LogP contribution in [-0.4, -0.2) is 32.2 Å². The number of carbonyl (C=O) groups excluding carboxylic acids is 1. The molecule has 6 heteroatoms. The Balaban J connectivity index is 1.41. The fourth-order valence-corrected chi connectivity index (χ4v) is 3.43. The van der Waals surface area contributed by atoms with Crippen LogP contribution in [0.3, 0.4) is 0 Å². The van der Waals surface area contributed by atoms with Crippen LogP contribution < -0.4 is 10.2 Å². The Bertz CT molecular complexity index is 917. The Kier molecular flexibility index (Phi) is 5.18. The first-order chi connectivity index (χ1) is 13.6.